The number of halogens is 1. The standard InChI is InChI=1S/C14H14FN3O/c1-10-11(14(19)17-7-4-8-17)9-16-18(10)13-6-3-2-5-12(13)15/h2-3,5-6,9H,4,7-8H2,1H3. The number of hydrogen-bond donors (Lipinski definition) is 0. The highest BCUT2D eigenvalue weighted by molar-refractivity contribution is 5.95. The molecule has 4 nitrogen and oxygen atoms in total. The fourth-order valence-electron chi connectivity index (χ4n) is 2.18. The molecule has 0 aliphatic carbocycles. The second-order valence-corrected chi connectivity index (χ2v) is 4.65. The van der Waals surface area contributed by atoms with Crippen LogP contribution in [0.15, 0.2) is 30.5 Å². The first kappa shape index (κ1) is 11.9. The first-order valence-electron chi connectivity index (χ1n) is 6.27. The summed E-state index contributed by atoms with van der Waals surface area (Å²) in [4.78, 5) is 13.9. The Balaban J connectivity index is 1.99. The van der Waals surface area contributed by atoms with Crippen molar-refractivity contribution >= 4 is 5.91 Å². The number of amides is 1. The average Bonchev–Trinajstić information content (AvgIpc) is 2.69. The van der Waals surface area contributed by atoms with E-state index in [4.69, 9.17) is 0 Å². The van der Waals surface area contributed by atoms with Crippen LogP contribution in [-0.4, -0.2) is 33.7 Å². The summed E-state index contributed by atoms with van der Waals surface area (Å²) >= 11 is 0. The minimum atomic E-state index is -0.350. The molecule has 0 saturated carbocycles. The number of rotatable bonds is 2. The van der Waals surface area contributed by atoms with E-state index in [1.54, 1.807) is 30.0 Å². The highest BCUT2D eigenvalue weighted by atomic mass is 19.1. The van der Waals surface area contributed by atoms with E-state index in [-0.39, 0.29) is 11.7 Å². The Morgan fingerprint density at radius 2 is 2.05 bits per heavy atom. The van der Waals surface area contributed by atoms with Crippen molar-refractivity contribution in [3.63, 3.8) is 0 Å². The highest BCUT2D eigenvalue weighted by Gasteiger charge is 2.25. The van der Waals surface area contributed by atoms with E-state index in [0.717, 1.165) is 19.5 Å². The lowest BCUT2D eigenvalue weighted by molar-refractivity contribution is 0.0651. The van der Waals surface area contributed by atoms with Gasteiger partial charge in [-0.1, -0.05) is 12.1 Å². The van der Waals surface area contributed by atoms with Crippen molar-refractivity contribution in [3.8, 4) is 5.69 Å². The van der Waals surface area contributed by atoms with Crippen LogP contribution in [0, 0.1) is 12.7 Å². The molecule has 2 aromatic rings. The molecule has 1 aliphatic heterocycles. The van der Waals surface area contributed by atoms with Gasteiger partial charge in [0.25, 0.3) is 5.91 Å². The maximum absolute atomic E-state index is 13.7. The molecule has 19 heavy (non-hydrogen) atoms. The van der Waals surface area contributed by atoms with Crippen LogP contribution in [-0.2, 0) is 0 Å². The molecular formula is C14H14FN3O. The fourth-order valence-corrected chi connectivity index (χ4v) is 2.18. The molecule has 1 saturated heterocycles. The number of aromatic nitrogens is 2. The largest absolute Gasteiger partial charge is 0.338 e. The Morgan fingerprint density at radius 3 is 2.68 bits per heavy atom. The van der Waals surface area contributed by atoms with Crippen molar-refractivity contribution in [2.75, 3.05) is 13.1 Å². The fraction of sp³-hybridized carbons (Fsp3) is 0.286. The van der Waals surface area contributed by atoms with Gasteiger partial charge in [0.15, 0.2) is 0 Å². The van der Waals surface area contributed by atoms with Crippen LogP contribution in [0.1, 0.15) is 22.5 Å². The molecule has 3 rings (SSSR count). The number of benzene rings is 1. The van der Waals surface area contributed by atoms with Gasteiger partial charge in [0.2, 0.25) is 0 Å². The Hall–Kier alpha value is -2.17. The molecule has 1 aromatic heterocycles. The first-order valence-corrected chi connectivity index (χ1v) is 6.27. The molecule has 0 unspecified atom stereocenters. The second-order valence-electron chi connectivity index (χ2n) is 4.65. The van der Waals surface area contributed by atoms with Gasteiger partial charge >= 0.3 is 0 Å². The van der Waals surface area contributed by atoms with Crippen LogP contribution in [0.3, 0.4) is 0 Å². The maximum Gasteiger partial charge on any atom is 0.257 e. The van der Waals surface area contributed by atoms with Gasteiger partial charge in [-0.3, -0.25) is 4.79 Å². The topological polar surface area (TPSA) is 38.1 Å². The summed E-state index contributed by atoms with van der Waals surface area (Å²) in [6.07, 6.45) is 2.56. The number of para-hydroxylation sites is 1. The molecule has 5 heteroatoms. The van der Waals surface area contributed by atoms with Gasteiger partial charge in [-0.15, -0.1) is 0 Å². The second kappa shape index (κ2) is 4.50. The summed E-state index contributed by atoms with van der Waals surface area (Å²) in [6, 6.07) is 6.40. The number of nitrogens with zero attached hydrogens (tertiary/aromatic N) is 3. The Kier molecular flexibility index (Phi) is 2.81. The molecule has 0 N–H and O–H groups in total. The normalized spacial score (nSPS) is 14.3. The number of likely N-dealkylation sites (tertiary alicyclic amines) is 1. The summed E-state index contributed by atoms with van der Waals surface area (Å²) in [7, 11) is 0. The summed E-state index contributed by atoms with van der Waals surface area (Å²) in [5.41, 5.74) is 1.58. The third-order valence-electron chi connectivity index (χ3n) is 3.46. The van der Waals surface area contributed by atoms with Crippen LogP contribution < -0.4 is 0 Å². The highest BCUT2D eigenvalue weighted by Crippen LogP contribution is 2.19. The number of carbonyl (C=O) groups excluding carboxylic acids is 1. The molecule has 1 fully saturated rings. The molecule has 0 spiro atoms. The minimum Gasteiger partial charge on any atom is -0.338 e. The van der Waals surface area contributed by atoms with Crippen LogP contribution >= 0.6 is 0 Å². The van der Waals surface area contributed by atoms with Gasteiger partial charge in [0, 0.05) is 13.1 Å². The quantitative estimate of drug-likeness (QED) is 0.829. The van der Waals surface area contributed by atoms with Crippen molar-refractivity contribution in [2.24, 2.45) is 0 Å². The number of carbonyl (C=O) groups is 1. The lowest BCUT2D eigenvalue weighted by atomic mass is 10.1. The lowest BCUT2D eigenvalue weighted by Crippen LogP contribution is -2.42. The van der Waals surface area contributed by atoms with Crippen LogP contribution in [0.25, 0.3) is 5.69 Å². The smallest absolute Gasteiger partial charge is 0.257 e. The summed E-state index contributed by atoms with van der Waals surface area (Å²) < 4.78 is 15.2. The molecule has 2 heterocycles. The van der Waals surface area contributed by atoms with Gasteiger partial charge in [-0.2, -0.15) is 5.10 Å². The maximum atomic E-state index is 13.7. The predicted molar refractivity (Wildman–Crippen MR) is 68.8 cm³/mol. The first-order chi connectivity index (χ1) is 9.18. The van der Waals surface area contributed by atoms with Crippen LogP contribution in [0.2, 0.25) is 0 Å². The Labute approximate surface area is 110 Å². The summed E-state index contributed by atoms with van der Waals surface area (Å²) in [6.45, 7) is 3.37. The molecule has 1 aromatic carbocycles. The van der Waals surface area contributed by atoms with Crippen molar-refractivity contribution < 1.29 is 9.18 Å². The molecular weight excluding hydrogens is 245 g/mol. The van der Waals surface area contributed by atoms with Gasteiger partial charge in [-0.05, 0) is 25.5 Å². The summed E-state index contributed by atoms with van der Waals surface area (Å²) in [5, 5.41) is 4.14. The Bertz CT molecular complexity index is 631. The van der Waals surface area contributed by atoms with E-state index in [0.29, 0.717) is 16.9 Å². The molecule has 98 valence electrons. The van der Waals surface area contributed by atoms with Crippen LogP contribution in [0.5, 0.6) is 0 Å². The zero-order chi connectivity index (χ0) is 13.4. The molecule has 0 bridgehead atoms. The molecule has 0 atom stereocenters. The lowest BCUT2D eigenvalue weighted by Gasteiger charge is -2.30. The van der Waals surface area contributed by atoms with E-state index in [2.05, 4.69) is 5.10 Å². The van der Waals surface area contributed by atoms with E-state index in [1.807, 2.05) is 0 Å². The molecule has 1 aliphatic rings. The van der Waals surface area contributed by atoms with Crippen LogP contribution in [0.4, 0.5) is 4.39 Å². The van der Waals surface area contributed by atoms with E-state index >= 15 is 0 Å². The molecule has 0 radical (unpaired) electrons. The van der Waals surface area contributed by atoms with Gasteiger partial charge in [0.05, 0.1) is 17.5 Å². The predicted octanol–water partition coefficient (Wildman–Crippen LogP) is 2.17. The number of hydrogen-bond acceptors (Lipinski definition) is 2. The zero-order valence-corrected chi connectivity index (χ0v) is 10.6. The van der Waals surface area contributed by atoms with Gasteiger partial charge in [-0.25, -0.2) is 9.07 Å². The third kappa shape index (κ3) is 1.91. The Morgan fingerprint density at radius 1 is 1.32 bits per heavy atom. The SMILES string of the molecule is Cc1c(C(=O)N2CCC2)cnn1-c1ccccc1F. The van der Waals surface area contributed by atoms with E-state index < -0.39 is 0 Å². The van der Waals surface area contributed by atoms with Crippen molar-refractivity contribution in [2.45, 2.75) is 13.3 Å². The van der Waals surface area contributed by atoms with Crippen molar-refractivity contribution in [1.82, 2.24) is 14.7 Å². The average molecular weight is 259 g/mol. The van der Waals surface area contributed by atoms with E-state index in [9.17, 15) is 9.18 Å². The van der Waals surface area contributed by atoms with E-state index in [1.165, 1.54) is 16.9 Å². The monoisotopic (exact) mass is 259 g/mol. The third-order valence-corrected chi connectivity index (χ3v) is 3.46. The minimum absolute atomic E-state index is 0.0219. The zero-order valence-electron chi connectivity index (χ0n) is 10.6. The summed E-state index contributed by atoms with van der Waals surface area (Å²) in [5.74, 6) is -0.372. The van der Waals surface area contributed by atoms with Crippen molar-refractivity contribution in [3.05, 3.63) is 47.5 Å². The van der Waals surface area contributed by atoms with Gasteiger partial charge in [0.1, 0.15) is 11.5 Å². The van der Waals surface area contributed by atoms with Crippen molar-refractivity contribution in [1.29, 1.82) is 0 Å². The molecule has 1 amide bonds. The van der Waals surface area contributed by atoms with Gasteiger partial charge < -0.3 is 4.90 Å².